The van der Waals surface area contributed by atoms with E-state index in [0.717, 1.165) is 10.1 Å². The van der Waals surface area contributed by atoms with Gasteiger partial charge in [-0.25, -0.2) is 0 Å². The van der Waals surface area contributed by atoms with Gasteiger partial charge in [0.2, 0.25) is 0 Å². The summed E-state index contributed by atoms with van der Waals surface area (Å²) in [5.41, 5.74) is 7.87. The van der Waals surface area contributed by atoms with Crippen molar-refractivity contribution in [2.24, 2.45) is 0 Å². The molecule has 0 radical (unpaired) electrons. The van der Waals surface area contributed by atoms with Crippen LogP contribution in [-0.2, 0) is 0 Å². The Balaban J connectivity index is 2.31. The summed E-state index contributed by atoms with van der Waals surface area (Å²) in [4.78, 5) is 4.24. The van der Waals surface area contributed by atoms with Gasteiger partial charge in [-0.3, -0.25) is 9.38 Å². The van der Waals surface area contributed by atoms with Crippen LogP contribution in [0.15, 0.2) is 41.1 Å². The number of fused-ring (bicyclic) bond motifs is 1. The Morgan fingerprint density at radius 1 is 1.18 bits per heavy atom. The number of hydrogen-bond acceptors (Lipinski definition) is 4. The van der Waals surface area contributed by atoms with Crippen LogP contribution in [0.5, 0.6) is 0 Å². The molecule has 0 spiro atoms. The molecule has 0 unspecified atom stereocenters. The molecule has 0 aliphatic carbocycles. The first kappa shape index (κ1) is 10.2. The number of hydrogen-bond donors (Lipinski definition) is 1. The van der Waals surface area contributed by atoms with E-state index in [0.29, 0.717) is 17.2 Å². The van der Waals surface area contributed by atoms with Crippen molar-refractivity contribution in [1.29, 1.82) is 0 Å². The van der Waals surface area contributed by atoms with Crippen LogP contribution in [0.3, 0.4) is 0 Å². The van der Waals surface area contributed by atoms with Crippen molar-refractivity contribution in [3.8, 4) is 11.5 Å². The molecule has 3 aromatic rings. The molecule has 17 heavy (non-hydrogen) atoms. The number of halogens is 1. The number of pyridine rings is 2. The van der Waals surface area contributed by atoms with E-state index in [1.165, 1.54) is 0 Å². The van der Waals surface area contributed by atoms with Crippen molar-refractivity contribution >= 4 is 27.3 Å². The second-order valence-corrected chi connectivity index (χ2v) is 4.46. The Hall–Kier alpha value is -1.95. The summed E-state index contributed by atoms with van der Waals surface area (Å²) in [6, 6.07) is 7.37. The minimum atomic E-state index is 0.585. The minimum Gasteiger partial charge on any atom is -0.397 e. The molecular formula is C11H8BrN5. The standard InChI is InChI=1S/C11H8BrN5/c12-7-3-4-9-15-16-11(17(9)6-7)10-8(13)2-1-5-14-10/h1-6H,13H2. The van der Waals surface area contributed by atoms with Gasteiger partial charge in [-0.2, -0.15) is 0 Å². The molecular weight excluding hydrogens is 282 g/mol. The summed E-state index contributed by atoms with van der Waals surface area (Å²) in [7, 11) is 0. The average Bonchev–Trinajstić information content (AvgIpc) is 2.72. The lowest BCUT2D eigenvalue weighted by Crippen LogP contribution is -1.97. The van der Waals surface area contributed by atoms with Crippen LogP contribution in [0.2, 0.25) is 0 Å². The number of anilines is 1. The molecule has 0 saturated heterocycles. The van der Waals surface area contributed by atoms with Crippen molar-refractivity contribution in [2.75, 3.05) is 5.73 Å². The number of nitrogens with two attached hydrogens (primary N) is 1. The topological polar surface area (TPSA) is 69.1 Å². The molecule has 3 heterocycles. The van der Waals surface area contributed by atoms with Gasteiger partial charge in [0.05, 0.1) is 5.69 Å². The lowest BCUT2D eigenvalue weighted by atomic mass is 10.3. The SMILES string of the molecule is Nc1cccnc1-c1nnc2ccc(Br)cn12. The van der Waals surface area contributed by atoms with E-state index in [1.54, 1.807) is 18.3 Å². The van der Waals surface area contributed by atoms with Gasteiger partial charge in [0.1, 0.15) is 5.69 Å². The van der Waals surface area contributed by atoms with E-state index in [4.69, 9.17) is 5.73 Å². The van der Waals surface area contributed by atoms with Crippen molar-refractivity contribution in [1.82, 2.24) is 19.6 Å². The third-order valence-corrected chi connectivity index (χ3v) is 2.89. The van der Waals surface area contributed by atoms with Crippen molar-refractivity contribution in [3.63, 3.8) is 0 Å². The zero-order valence-electron chi connectivity index (χ0n) is 8.71. The fourth-order valence-corrected chi connectivity index (χ4v) is 1.97. The number of rotatable bonds is 1. The quantitative estimate of drug-likeness (QED) is 0.745. The predicted octanol–water partition coefficient (Wildman–Crippen LogP) is 2.14. The number of nitrogens with zero attached hydrogens (tertiary/aromatic N) is 4. The predicted molar refractivity (Wildman–Crippen MR) is 68.3 cm³/mol. The highest BCUT2D eigenvalue weighted by Crippen LogP contribution is 2.22. The van der Waals surface area contributed by atoms with Crippen molar-refractivity contribution < 1.29 is 0 Å². The molecule has 6 heteroatoms. The van der Waals surface area contributed by atoms with E-state index >= 15 is 0 Å². The highest BCUT2D eigenvalue weighted by molar-refractivity contribution is 9.10. The molecule has 2 N–H and O–H groups in total. The molecule has 0 atom stereocenters. The fraction of sp³-hybridized carbons (Fsp3) is 0. The van der Waals surface area contributed by atoms with Gasteiger partial charge in [0, 0.05) is 16.9 Å². The van der Waals surface area contributed by atoms with E-state index in [-0.39, 0.29) is 0 Å². The second-order valence-electron chi connectivity index (χ2n) is 3.54. The fourth-order valence-electron chi connectivity index (χ4n) is 1.63. The van der Waals surface area contributed by atoms with Gasteiger partial charge in [0.15, 0.2) is 11.5 Å². The van der Waals surface area contributed by atoms with Gasteiger partial charge in [0.25, 0.3) is 0 Å². The van der Waals surface area contributed by atoms with Crippen molar-refractivity contribution in [3.05, 3.63) is 41.1 Å². The second kappa shape index (κ2) is 3.81. The molecule has 0 fully saturated rings. The largest absolute Gasteiger partial charge is 0.397 e. The highest BCUT2D eigenvalue weighted by Gasteiger charge is 2.11. The normalized spacial score (nSPS) is 10.9. The third kappa shape index (κ3) is 1.66. The van der Waals surface area contributed by atoms with Crippen LogP contribution < -0.4 is 5.73 Å². The van der Waals surface area contributed by atoms with E-state index < -0.39 is 0 Å². The van der Waals surface area contributed by atoms with Crippen LogP contribution in [0.25, 0.3) is 17.2 Å². The Labute approximate surface area is 105 Å². The minimum absolute atomic E-state index is 0.585. The monoisotopic (exact) mass is 289 g/mol. The molecule has 0 bridgehead atoms. The maximum absolute atomic E-state index is 5.89. The van der Waals surface area contributed by atoms with Crippen LogP contribution >= 0.6 is 15.9 Å². The van der Waals surface area contributed by atoms with E-state index in [1.807, 2.05) is 22.7 Å². The maximum atomic E-state index is 5.89. The van der Waals surface area contributed by atoms with Gasteiger partial charge < -0.3 is 5.73 Å². The molecule has 84 valence electrons. The van der Waals surface area contributed by atoms with Gasteiger partial charge in [-0.1, -0.05) is 0 Å². The maximum Gasteiger partial charge on any atom is 0.189 e. The van der Waals surface area contributed by atoms with Crippen molar-refractivity contribution in [2.45, 2.75) is 0 Å². The lowest BCUT2D eigenvalue weighted by Gasteiger charge is -2.02. The first-order chi connectivity index (χ1) is 8.25. The van der Waals surface area contributed by atoms with Crippen LogP contribution in [-0.4, -0.2) is 19.6 Å². The average molecular weight is 290 g/mol. The van der Waals surface area contributed by atoms with Crippen LogP contribution in [0.1, 0.15) is 0 Å². The molecule has 0 aromatic carbocycles. The van der Waals surface area contributed by atoms with E-state index in [9.17, 15) is 0 Å². The zero-order valence-corrected chi connectivity index (χ0v) is 10.3. The summed E-state index contributed by atoms with van der Waals surface area (Å²) >= 11 is 3.41. The van der Waals surface area contributed by atoms with Crippen LogP contribution in [0, 0.1) is 0 Å². The Bertz CT molecular complexity index is 691. The first-order valence-corrected chi connectivity index (χ1v) is 5.76. The lowest BCUT2D eigenvalue weighted by molar-refractivity contribution is 1.09. The molecule has 0 amide bonds. The highest BCUT2D eigenvalue weighted by atomic mass is 79.9. The number of nitrogen functional groups attached to an aromatic ring is 1. The summed E-state index contributed by atoms with van der Waals surface area (Å²) in [5, 5.41) is 8.19. The zero-order chi connectivity index (χ0) is 11.8. The summed E-state index contributed by atoms with van der Waals surface area (Å²) in [6.07, 6.45) is 3.57. The van der Waals surface area contributed by atoms with Gasteiger partial charge >= 0.3 is 0 Å². The van der Waals surface area contributed by atoms with Gasteiger partial charge in [-0.05, 0) is 40.2 Å². The Morgan fingerprint density at radius 2 is 2.06 bits per heavy atom. The molecule has 0 saturated carbocycles. The smallest absolute Gasteiger partial charge is 0.189 e. The molecule has 3 rings (SSSR count). The summed E-state index contributed by atoms with van der Waals surface area (Å²) in [6.45, 7) is 0. The number of aromatic nitrogens is 4. The molecule has 3 aromatic heterocycles. The van der Waals surface area contributed by atoms with Crippen LogP contribution in [0.4, 0.5) is 5.69 Å². The van der Waals surface area contributed by atoms with Gasteiger partial charge in [-0.15, -0.1) is 10.2 Å². The Morgan fingerprint density at radius 3 is 2.88 bits per heavy atom. The third-order valence-electron chi connectivity index (χ3n) is 2.42. The molecule has 5 nitrogen and oxygen atoms in total. The first-order valence-electron chi connectivity index (χ1n) is 4.97. The Kier molecular flexibility index (Phi) is 2.29. The van der Waals surface area contributed by atoms with E-state index in [2.05, 4.69) is 31.1 Å². The summed E-state index contributed by atoms with van der Waals surface area (Å²) in [5.74, 6) is 0.638. The molecule has 0 aliphatic heterocycles. The summed E-state index contributed by atoms with van der Waals surface area (Å²) < 4.78 is 2.79. The molecule has 0 aliphatic rings.